The Kier molecular flexibility index (Phi) is 15.0. The van der Waals surface area contributed by atoms with Crippen molar-refractivity contribution in [3.8, 4) is 0 Å². The topological polar surface area (TPSA) is 116 Å². The lowest BCUT2D eigenvalue weighted by molar-refractivity contribution is -0.147. The van der Waals surface area contributed by atoms with E-state index in [1.165, 1.54) is 28.1 Å². The van der Waals surface area contributed by atoms with Gasteiger partial charge in [0.15, 0.2) is 6.10 Å². The summed E-state index contributed by atoms with van der Waals surface area (Å²) in [5, 5.41) is 9.33. The van der Waals surface area contributed by atoms with Gasteiger partial charge in [0, 0.05) is 13.8 Å². The largest absolute Gasteiger partial charge is 0.466 e. The summed E-state index contributed by atoms with van der Waals surface area (Å²) < 4.78 is 14.1. The second-order valence-corrected chi connectivity index (χ2v) is 7.25. The van der Waals surface area contributed by atoms with Crippen molar-refractivity contribution in [1.82, 2.24) is 0 Å². The molecule has 9 heteroatoms. The summed E-state index contributed by atoms with van der Waals surface area (Å²) in [6, 6.07) is 17.7. The third kappa shape index (κ3) is 12.3. The highest BCUT2D eigenvalue weighted by atomic mass is 35.5. The number of hydrogen-bond donors (Lipinski definition) is 1. The smallest absolute Gasteiger partial charge is 0.337 e. The van der Waals surface area contributed by atoms with Crippen LogP contribution in [-0.2, 0) is 33.4 Å². The summed E-state index contributed by atoms with van der Waals surface area (Å²) in [7, 11) is 2.51. The van der Waals surface area contributed by atoms with Gasteiger partial charge in [0.1, 0.15) is 6.10 Å². The summed E-state index contributed by atoms with van der Waals surface area (Å²) in [5.41, 5.74) is 1.44. The number of ether oxygens (including phenoxy) is 3. The van der Waals surface area contributed by atoms with Crippen LogP contribution in [0.5, 0.6) is 0 Å². The second-order valence-electron chi connectivity index (χ2n) is 6.72. The van der Waals surface area contributed by atoms with Crippen molar-refractivity contribution in [2.45, 2.75) is 26.1 Å². The van der Waals surface area contributed by atoms with Crippen LogP contribution in [0.25, 0.3) is 0 Å². The highest BCUT2D eigenvalue weighted by Crippen LogP contribution is 2.25. The number of carbonyl (C=O) groups is 4. The lowest BCUT2D eigenvalue weighted by Crippen LogP contribution is -2.17. The zero-order valence-electron chi connectivity index (χ0n) is 20.0. The fraction of sp³-hybridized carbons (Fsp3) is 0.231. The quantitative estimate of drug-likeness (QED) is 0.257. The third-order valence-corrected chi connectivity index (χ3v) is 4.04. The van der Waals surface area contributed by atoms with Crippen LogP contribution in [0.2, 0.25) is 0 Å². The summed E-state index contributed by atoms with van der Waals surface area (Å²) in [5.74, 6) is -1.68. The molecule has 1 N–H and O–H groups in total. The first-order valence-electron chi connectivity index (χ1n) is 10.1. The van der Waals surface area contributed by atoms with Crippen molar-refractivity contribution < 1.29 is 38.5 Å². The van der Waals surface area contributed by atoms with Gasteiger partial charge in [0.2, 0.25) is 5.24 Å². The molecule has 188 valence electrons. The number of carbonyl (C=O) groups excluding carboxylic acids is 4. The molecular weight excluding hydrogens is 476 g/mol. The predicted octanol–water partition coefficient (Wildman–Crippen LogP) is 4.24. The lowest BCUT2D eigenvalue weighted by atomic mass is 10.0. The Hall–Kier alpha value is -3.75. The second kappa shape index (κ2) is 16.8. The van der Waals surface area contributed by atoms with Crippen LogP contribution >= 0.6 is 11.6 Å². The molecule has 0 saturated carbocycles. The average Bonchev–Trinajstić information content (AvgIpc) is 2.86. The molecule has 0 aromatic heterocycles. The molecule has 2 aromatic rings. The van der Waals surface area contributed by atoms with Crippen LogP contribution in [0.3, 0.4) is 0 Å². The summed E-state index contributed by atoms with van der Waals surface area (Å²) in [4.78, 5) is 42.7. The van der Waals surface area contributed by atoms with Gasteiger partial charge in [0.25, 0.3) is 0 Å². The maximum atomic E-state index is 11.4. The molecule has 0 aliphatic carbocycles. The van der Waals surface area contributed by atoms with Crippen LogP contribution < -0.4 is 0 Å². The molecule has 2 aromatic carbocycles. The Bertz CT molecular complexity index is 999. The van der Waals surface area contributed by atoms with Gasteiger partial charge in [-0.25, -0.2) is 9.59 Å². The Morgan fingerprint density at radius 2 is 1.14 bits per heavy atom. The number of aliphatic hydroxyl groups is 1. The molecule has 0 aliphatic rings. The van der Waals surface area contributed by atoms with E-state index >= 15 is 0 Å². The normalized spacial score (nSPS) is 11.0. The van der Waals surface area contributed by atoms with Crippen molar-refractivity contribution in [2.75, 3.05) is 14.2 Å². The molecule has 0 bridgehead atoms. The minimum atomic E-state index is -0.997. The molecule has 8 nitrogen and oxygen atoms in total. The minimum absolute atomic E-state index is 0.0405. The molecule has 0 saturated heterocycles. The van der Waals surface area contributed by atoms with E-state index in [9.17, 15) is 24.3 Å². The highest BCUT2D eigenvalue weighted by molar-refractivity contribution is 6.62. The van der Waals surface area contributed by atoms with Crippen molar-refractivity contribution in [3.05, 3.63) is 96.1 Å². The maximum absolute atomic E-state index is 11.4. The first kappa shape index (κ1) is 31.2. The van der Waals surface area contributed by atoms with Gasteiger partial charge >= 0.3 is 17.9 Å². The molecule has 0 radical (unpaired) electrons. The van der Waals surface area contributed by atoms with Gasteiger partial charge in [0.05, 0.1) is 25.4 Å². The summed E-state index contributed by atoms with van der Waals surface area (Å²) >= 11 is 4.64. The number of benzene rings is 2. The van der Waals surface area contributed by atoms with E-state index in [4.69, 9.17) is 4.74 Å². The van der Waals surface area contributed by atoms with Crippen molar-refractivity contribution >= 4 is 34.8 Å². The van der Waals surface area contributed by atoms with Crippen molar-refractivity contribution in [2.24, 2.45) is 0 Å². The Labute approximate surface area is 209 Å². The van der Waals surface area contributed by atoms with Gasteiger partial charge < -0.3 is 19.3 Å². The third-order valence-electron chi connectivity index (χ3n) is 4.04. The van der Waals surface area contributed by atoms with Crippen LogP contribution in [-0.4, -0.2) is 42.5 Å². The molecule has 0 spiro atoms. The van der Waals surface area contributed by atoms with Gasteiger partial charge in [-0.1, -0.05) is 73.8 Å². The molecule has 0 heterocycles. The fourth-order valence-electron chi connectivity index (χ4n) is 2.45. The van der Waals surface area contributed by atoms with Crippen molar-refractivity contribution in [3.63, 3.8) is 0 Å². The number of esters is 3. The number of hydrogen-bond acceptors (Lipinski definition) is 8. The fourth-order valence-corrected chi connectivity index (χ4v) is 2.45. The van der Waals surface area contributed by atoms with Crippen LogP contribution in [0.4, 0.5) is 0 Å². The van der Waals surface area contributed by atoms with Crippen LogP contribution in [0.1, 0.15) is 37.2 Å². The van der Waals surface area contributed by atoms with Gasteiger partial charge in [-0.15, -0.1) is 0 Å². The average molecular weight is 505 g/mol. The summed E-state index contributed by atoms with van der Waals surface area (Å²) in [6.45, 7) is 9.65. The monoisotopic (exact) mass is 504 g/mol. The Morgan fingerprint density at radius 1 is 0.771 bits per heavy atom. The molecule has 0 aliphatic heterocycles. The molecule has 2 unspecified atom stereocenters. The van der Waals surface area contributed by atoms with Gasteiger partial charge in [-0.2, -0.15) is 0 Å². The van der Waals surface area contributed by atoms with E-state index in [0.29, 0.717) is 11.1 Å². The van der Waals surface area contributed by atoms with E-state index in [1.54, 1.807) is 48.5 Å². The number of rotatable bonds is 7. The lowest BCUT2D eigenvalue weighted by Gasteiger charge is -2.18. The highest BCUT2D eigenvalue weighted by Gasteiger charge is 2.24. The van der Waals surface area contributed by atoms with E-state index in [2.05, 4.69) is 34.2 Å². The minimum Gasteiger partial charge on any atom is -0.466 e. The molecule has 0 amide bonds. The SMILES string of the molecule is C=C(C(=O)OC)C(O)c1ccccc1.C=C(C(=O)OC)C(OC(C)=O)c1ccccc1.CC(=O)Cl. The van der Waals surface area contributed by atoms with E-state index in [-0.39, 0.29) is 16.4 Å². The number of methoxy groups -OCH3 is 2. The zero-order chi connectivity index (χ0) is 27.0. The van der Waals surface area contributed by atoms with Gasteiger partial charge in [-0.3, -0.25) is 9.59 Å². The van der Waals surface area contributed by atoms with Crippen LogP contribution in [0, 0.1) is 0 Å². The first-order chi connectivity index (χ1) is 16.5. The molecular formula is C26H29ClO8. The van der Waals surface area contributed by atoms with E-state index in [0.717, 1.165) is 0 Å². The molecule has 0 fully saturated rings. The zero-order valence-corrected chi connectivity index (χ0v) is 20.8. The predicted molar refractivity (Wildman–Crippen MR) is 131 cm³/mol. The maximum Gasteiger partial charge on any atom is 0.337 e. The number of halogens is 1. The Balaban J connectivity index is 0.000000581. The number of aliphatic hydroxyl groups excluding tert-OH is 1. The van der Waals surface area contributed by atoms with E-state index in [1.807, 2.05) is 12.1 Å². The Morgan fingerprint density at radius 3 is 1.51 bits per heavy atom. The molecule has 2 atom stereocenters. The summed E-state index contributed by atoms with van der Waals surface area (Å²) in [6.07, 6.45) is -1.80. The van der Waals surface area contributed by atoms with Crippen LogP contribution in [0.15, 0.2) is 85.0 Å². The first-order valence-corrected chi connectivity index (χ1v) is 10.5. The van der Waals surface area contributed by atoms with Gasteiger partial charge in [-0.05, 0) is 22.7 Å². The molecule has 2 rings (SSSR count). The van der Waals surface area contributed by atoms with E-state index < -0.39 is 30.1 Å². The molecule has 35 heavy (non-hydrogen) atoms. The standard InChI is InChI=1S/C13H14O4.C11H12O3.C2H3ClO/c1-9(13(15)16-3)12(17-10(2)14)11-7-5-4-6-8-11;1-8(11(13)14-2)10(12)9-6-4-3-5-7-9;1-2(3)4/h4-8,12H,1H2,2-3H3;3-7,10,12H,1H2,2H3;1H3. The van der Waals surface area contributed by atoms with Crippen molar-refractivity contribution in [1.29, 1.82) is 0 Å².